The van der Waals surface area contributed by atoms with Crippen molar-refractivity contribution >= 4 is 0 Å². The summed E-state index contributed by atoms with van der Waals surface area (Å²) >= 11 is 0. The number of likely N-dealkylation sites (tertiary alicyclic amines) is 1. The zero-order valence-electron chi connectivity index (χ0n) is 9.76. The highest BCUT2D eigenvalue weighted by Gasteiger charge is 2.39. The van der Waals surface area contributed by atoms with E-state index in [9.17, 15) is 15.3 Å². The van der Waals surface area contributed by atoms with E-state index in [1.807, 2.05) is 0 Å². The van der Waals surface area contributed by atoms with Gasteiger partial charge in [0.25, 0.3) is 0 Å². The lowest BCUT2D eigenvalue weighted by Crippen LogP contribution is -2.41. The summed E-state index contributed by atoms with van der Waals surface area (Å²) in [7, 11) is 0. The average Bonchev–Trinajstić information content (AvgIpc) is 2.56. The topological polar surface area (TPSA) is 63.9 Å². The normalized spacial score (nSPS) is 38.1. The van der Waals surface area contributed by atoms with Crippen LogP contribution < -0.4 is 0 Å². The van der Waals surface area contributed by atoms with Crippen LogP contribution in [0, 0.1) is 5.92 Å². The summed E-state index contributed by atoms with van der Waals surface area (Å²) < 4.78 is 0. The number of β-amino-alcohol motifs (C(OH)–C–C–N with tert-alkyl or cyclic N) is 1. The second-order valence-corrected chi connectivity index (χ2v) is 5.27. The quantitative estimate of drug-likeness (QED) is 0.636. The Morgan fingerprint density at radius 2 is 1.75 bits per heavy atom. The molecule has 0 amide bonds. The molecule has 2 aliphatic rings. The van der Waals surface area contributed by atoms with E-state index >= 15 is 0 Å². The van der Waals surface area contributed by atoms with E-state index in [4.69, 9.17) is 0 Å². The van der Waals surface area contributed by atoms with Crippen molar-refractivity contribution in [3.05, 3.63) is 0 Å². The summed E-state index contributed by atoms with van der Waals surface area (Å²) in [5.74, 6) is 0.681. The maximum absolute atomic E-state index is 9.71. The first-order valence-electron chi connectivity index (χ1n) is 6.43. The molecule has 0 radical (unpaired) electrons. The van der Waals surface area contributed by atoms with Gasteiger partial charge in [-0.3, -0.25) is 4.90 Å². The Bertz CT molecular complexity index is 218. The SMILES string of the molecule is OC[C@H]1[C@@H](O)[C@H](O)CN1CC1CCCCC1. The Balaban J connectivity index is 1.88. The second-order valence-electron chi connectivity index (χ2n) is 5.27. The molecule has 4 heteroatoms. The maximum atomic E-state index is 9.71. The first kappa shape index (κ1) is 12.3. The van der Waals surface area contributed by atoms with Crippen LogP contribution in [0.1, 0.15) is 32.1 Å². The molecule has 4 nitrogen and oxygen atoms in total. The molecule has 16 heavy (non-hydrogen) atoms. The highest BCUT2D eigenvalue weighted by Crippen LogP contribution is 2.27. The molecule has 94 valence electrons. The van der Waals surface area contributed by atoms with Crippen LogP contribution >= 0.6 is 0 Å². The van der Waals surface area contributed by atoms with E-state index in [0.29, 0.717) is 12.5 Å². The van der Waals surface area contributed by atoms with Gasteiger partial charge in [0.05, 0.1) is 24.9 Å². The largest absolute Gasteiger partial charge is 0.395 e. The van der Waals surface area contributed by atoms with Crippen molar-refractivity contribution in [1.29, 1.82) is 0 Å². The van der Waals surface area contributed by atoms with E-state index in [-0.39, 0.29) is 12.6 Å². The minimum absolute atomic E-state index is 0.0645. The minimum atomic E-state index is -0.784. The molecular weight excluding hydrogens is 206 g/mol. The lowest BCUT2D eigenvalue weighted by atomic mass is 9.89. The molecule has 1 aliphatic heterocycles. The number of aliphatic hydroxyl groups excluding tert-OH is 3. The molecule has 0 aromatic heterocycles. The molecule has 3 atom stereocenters. The summed E-state index contributed by atoms with van der Waals surface area (Å²) in [6.07, 6.45) is 4.96. The van der Waals surface area contributed by atoms with E-state index in [1.54, 1.807) is 0 Å². The van der Waals surface area contributed by atoms with Gasteiger partial charge < -0.3 is 15.3 Å². The summed E-state index contributed by atoms with van der Waals surface area (Å²) in [6, 6.07) is -0.267. The predicted molar refractivity (Wildman–Crippen MR) is 61.0 cm³/mol. The fourth-order valence-corrected chi connectivity index (χ4v) is 3.09. The Kier molecular flexibility index (Phi) is 4.19. The van der Waals surface area contributed by atoms with Crippen molar-refractivity contribution in [2.75, 3.05) is 19.7 Å². The Labute approximate surface area is 96.9 Å². The number of nitrogens with zero attached hydrogens (tertiary/aromatic N) is 1. The first-order chi connectivity index (χ1) is 7.72. The molecule has 0 spiro atoms. The van der Waals surface area contributed by atoms with Crippen LogP contribution in [0.4, 0.5) is 0 Å². The number of rotatable bonds is 3. The van der Waals surface area contributed by atoms with Crippen LogP contribution in [-0.4, -0.2) is 58.2 Å². The molecule has 0 bridgehead atoms. The van der Waals surface area contributed by atoms with Gasteiger partial charge in [-0.1, -0.05) is 19.3 Å². The maximum Gasteiger partial charge on any atom is 0.0988 e. The van der Waals surface area contributed by atoms with Crippen LogP contribution in [0.25, 0.3) is 0 Å². The van der Waals surface area contributed by atoms with Gasteiger partial charge in [0.15, 0.2) is 0 Å². The molecule has 0 aromatic rings. The van der Waals surface area contributed by atoms with Crippen LogP contribution in [0.2, 0.25) is 0 Å². The van der Waals surface area contributed by atoms with Crippen LogP contribution in [0.3, 0.4) is 0 Å². The third-order valence-corrected chi connectivity index (χ3v) is 4.08. The first-order valence-corrected chi connectivity index (χ1v) is 6.43. The summed E-state index contributed by atoms with van der Waals surface area (Å²) in [6.45, 7) is 1.35. The third kappa shape index (κ3) is 2.56. The molecule has 0 aromatic carbocycles. The monoisotopic (exact) mass is 229 g/mol. The van der Waals surface area contributed by atoms with Gasteiger partial charge in [-0.2, -0.15) is 0 Å². The predicted octanol–water partition coefficient (Wildman–Crippen LogP) is -0.0350. The van der Waals surface area contributed by atoms with E-state index < -0.39 is 12.2 Å². The van der Waals surface area contributed by atoms with Crippen LogP contribution in [0.15, 0.2) is 0 Å². The zero-order chi connectivity index (χ0) is 11.5. The Morgan fingerprint density at radius 1 is 1.06 bits per heavy atom. The second kappa shape index (κ2) is 5.45. The summed E-state index contributed by atoms with van der Waals surface area (Å²) in [4.78, 5) is 2.06. The van der Waals surface area contributed by atoms with Crippen molar-refractivity contribution in [2.24, 2.45) is 5.92 Å². The molecule has 2 fully saturated rings. The zero-order valence-corrected chi connectivity index (χ0v) is 9.76. The molecule has 0 unspecified atom stereocenters. The van der Waals surface area contributed by atoms with Crippen molar-refractivity contribution < 1.29 is 15.3 Å². The summed E-state index contributed by atoms with van der Waals surface area (Å²) in [5.41, 5.74) is 0. The van der Waals surface area contributed by atoms with E-state index in [0.717, 1.165) is 6.54 Å². The van der Waals surface area contributed by atoms with Gasteiger partial charge in [0.1, 0.15) is 0 Å². The van der Waals surface area contributed by atoms with Gasteiger partial charge in [-0.05, 0) is 18.8 Å². The minimum Gasteiger partial charge on any atom is -0.395 e. The van der Waals surface area contributed by atoms with Gasteiger partial charge in [0.2, 0.25) is 0 Å². The summed E-state index contributed by atoms with van der Waals surface area (Å²) in [5, 5.41) is 28.5. The van der Waals surface area contributed by atoms with Gasteiger partial charge in [0, 0.05) is 13.1 Å². The standard InChI is InChI=1S/C12H23NO3/c14-8-10-12(16)11(15)7-13(10)6-9-4-2-1-3-5-9/h9-12,14-16H,1-8H2/t10-,11+,12+/m0/s1. The van der Waals surface area contributed by atoms with Crippen LogP contribution in [0.5, 0.6) is 0 Å². The molecular formula is C12H23NO3. The van der Waals surface area contributed by atoms with Gasteiger partial charge >= 0.3 is 0 Å². The fraction of sp³-hybridized carbons (Fsp3) is 1.00. The highest BCUT2D eigenvalue weighted by atomic mass is 16.3. The molecule has 1 aliphatic carbocycles. The number of hydrogen-bond acceptors (Lipinski definition) is 4. The number of aliphatic hydroxyl groups is 3. The van der Waals surface area contributed by atoms with Crippen molar-refractivity contribution in [3.63, 3.8) is 0 Å². The molecule has 3 N–H and O–H groups in total. The molecule has 1 saturated heterocycles. The van der Waals surface area contributed by atoms with Gasteiger partial charge in [-0.15, -0.1) is 0 Å². The van der Waals surface area contributed by atoms with Crippen molar-refractivity contribution in [3.8, 4) is 0 Å². The highest BCUT2D eigenvalue weighted by molar-refractivity contribution is 4.93. The Hall–Kier alpha value is -0.160. The molecule has 1 saturated carbocycles. The Morgan fingerprint density at radius 3 is 2.38 bits per heavy atom. The molecule has 1 heterocycles. The fourth-order valence-electron chi connectivity index (χ4n) is 3.09. The molecule has 2 rings (SSSR count). The van der Waals surface area contributed by atoms with E-state index in [1.165, 1.54) is 32.1 Å². The average molecular weight is 229 g/mol. The van der Waals surface area contributed by atoms with Crippen molar-refractivity contribution in [1.82, 2.24) is 4.90 Å². The third-order valence-electron chi connectivity index (χ3n) is 4.08. The van der Waals surface area contributed by atoms with Crippen molar-refractivity contribution in [2.45, 2.75) is 50.4 Å². The lowest BCUT2D eigenvalue weighted by Gasteiger charge is -2.30. The van der Waals surface area contributed by atoms with E-state index in [2.05, 4.69) is 4.90 Å². The number of hydrogen-bond donors (Lipinski definition) is 3. The lowest BCUT2D eigenvalue weighted by molar-refractivity contribution is 0.0198. The van der Waals surface area contributed by atoms with Gasteiger partial charge in [-0.25, -0.2) is 0 Å². The van der Waals surface area contributed by atoms with Crippen LogP contribution in [-0.2, 0) is 0 Å². The smallest absolute Gasteiger partial charge is 0.0988 e.